The van der Waals surface area contributed by atoms with Gasteiger partial charge in [0.05, 0.1) is 33.4 Å². The van der Waals surface area contributed by atoms with Crippen molar-refractivity contribution < 1.29 is 19.0 Å². The molecule has 0 bridgehead atoms. The minimum atomic E-state index is -0.129. The summed E-state index contributed by atoms with van der Waals surface area (Å²) in [5.41, 5.74) is 7.02. The zero-order valence-corrected chi connectivity index (χ0v) is 13.9. The molecule has 0 fully saturated rings. The molecule has 0 aliphatic heterocycles. The molecule has 126 valence electrons. The van der Waals surface area contributed by atoms with Crippen LogP contribution in [-0.4, -0.2) is 32.9 Å². The van der Waals surface area contributed by atoms with Crippen LogP contribution in [-0.2, 0) is 0 Å². The van der Waals surface area contributed by atoms with Crippen LogP contribution in [0.3, 0.4) is 0 Å². The first-order valence-corrected chi connectivity index (χ1v) is 7.29. The molecule has 2 N–H and O–H groups in total. The van der Waals surface area contributed by atoms with Gasteiger partial charge in [-0.1, -0.05) is 12.1 Å². The SMILES string of the molecule is COc1cccc(C(=O)CC(N)=Nc2ccc(OC)c(OC)c2)c1. The Kier molecular flexibility index (Phi) is 5.78. The molecule has 24 heavy (non-hydrogen) atoms. The highest BCUT2D eigenvalue weighted by atomic mass is 16.5. The second-order valence-corrected chi connectivity index (χ2v) is 4.97. The van der Waals surface area contributed by atoms with Gasteiger partial charge >= 0.3 is 0 Å². The van der Waals surface area contributed by atoms with E-state index in [1.807, 2.05) is 0 Å². The Bertz CT molecular complexity index is 756. The molecular weight excluding hydrogens is 308 g/mol. The molecule has 0 aliphatic carbocycles. The van der Waals surface area contributed by atoms with Crippen LogP contribution in [0.25, 0.3) is 0 Å². The number of benzene rings is 2. The van der Waals surface area contributed by atoms with Crippen molar-refractivity contribution in [3.8, 4) is 17.2 Å². The lowest BCUT2D eigenvalue weighted by atomic mass is 10.1. The number of amidine groups is 1. The third kappa shape index (κ3) is 4.25. The normalized spacial score (nSPS) is 11.0. The van der Waals surface area contributed by atoms with Crippen molar-refractivity contribution in [1.29, 1.82) is 0 Å². The summed E-state index contributed by atoms with van der Waals surface area (Å²) in [6, 6.07) is 12.1. The van der Waals surface area contributed by atoms with E-state index in [2.05, 4.69) is 4.99 Å². The smallest absolute Gasteiger partial charge is 0.170 e. The average Bonchev–Trinajstić information content (AvgIpc) is 2.61. The largest absolute Gasteiger partial charge is 0.497 e. The van der Waals surface area contributed by atoms with Crippen molar-refractivity contribution >= 4 is 17.3 Å². The Morgan fingerprint density at radius 3 is 2.42 bits per heavy atom. The molecule has 0 saturated carbocycles. The van der Waals surface area contributed by atoms with E-state index in [0.717, 1.165) is 0 Å². The molecule has 2 aromatic carbocycles. The number of nitrogens with two attached hydrogens (primary N) is 1. The van der Waals surface area contributed by atoms with Gasteiger partial charge in [0.15, 0.2) is 17.3 Å². The van der Waals surface area contributed by atoms with E-state index in [0.29, 0.717) is 28.5 Å². The first-order valence-electron chi connectivity index (χ1n) is 7.29. The molecule has 6 heteroatoms. The third-order valence-corrected chi connectivity index (χ3v) is 3.37. The number of carbonyl (C=O) groups is 1. The highest BCUT2D eigenvalue weighted by molar-refractivity contribution is 6.09. The number of ether oxygens (including phenoxy) is 3. The second-order valence-electron chi connectivity index (χ2n) is 4.97. The van der Waals surface area contributed by atoms with Crippen molar-refractivity contribution in [2.75, 3.05) is 21.3 Å². The molecule has 0 aromatic heterocycles. The Morgan fingerprint density at radius 2 is 1.75 bits per heavy atom. The number of nitrogens with zero attached hydrogens (tertiary/aromatic N) is 1. The second kappa shape index (κ2) is 8.01. The highest BCUT2D eigenvalue weighted by Gasteiger charge is 2.10. The number of hydrogen-bond donors (Lipinski definition) is 1. The number of rotatable bonds is 7. The van der Waals surface area contributed by atoms with Gasteiger partial charge in [-0.15, -0.1) is 0 Å². The fourth-order valence-corrected chi connectivity index (χ4v) is 2.16. The molecular formula is C18H20N2O4. The van der Waals surface area contributed by atoms with Crippen LogP contribution >= 0.6 is 0 Å². The highest BCUT2D eigenvalue weighted by Crippen LogP contribution is 2.31. The van der Waals surface area contributed by atoms with E-state index in [-0.39, 0.29) is 18.0 Å². The lowest BCUT2D eigenvalue weighted by Gasteiger charge is -2.08. The number of ketones is 1. The predicted octanol–water partition coefficient (Wildman–Crippen LogP) is 2.97. The monoisotopic (exact) mass is 328 g/mol. The molecule has 0 heterocycles. The van der Waals surface area contributed by atoms with E-state index in [9.17, 15) is 4.79 Å². The molecule has 2 rings (SSSR count). The van der Waals surface area contributed by atoms with Gasteiger partial charge in [-0.05, 0) is 24.3 Å². The molecule has 0 atom stereocenters. The van der Waals surface area contributed by atoms with E-state index in [1.165, 1.54) is 0 Å². The summed E-state index contributed by atoms with van der Waals surface area (Å²) < 4.78 is 15.5. The van der Waals surface area contributed by atoms with E-state index in [1.54, 1.807) is 63.8 Å². The standard InChI is InChI=1S/C18H20N2O4/c1-22-14-6-4-5-12(9-14)15(21)11-18(19)20-13-7-8-16(23-2)17(10-13)24-3/h4-10H,11H2,1-3H3,(H2,19,20). The lowest BCUT2D eigenvalue weighted by molar-refractivity contribution is 0.1000. The maximum Gasteiger partial charge on any atom is 0.170 e. The summed E-state index contributed by atoms with van der Waals surface area (Å²) >= 11 is 0. The average molecular weight is 328 g/mol. The van der Waals surface area contributed by atoms with Crippen LogP contribution in [0.5, 0.6) is 17.2 Å². The number of carbonyl (C=O) groups excluding carboxylic acids is 1. The van der Waals surface area contributed by atoms with Gasteiger partial charge in [-0.2, -0.15) is 0 Å². The van der Waals surface area contributed by atoms with E-state index < -0.39 is 0 Å². The summed E-state index contributed by atoms with van der Waals surface area (Å²) in [5, 5.41) is 0. The molecule has 0 saturated heterocycles. The fourth-order valence-electron chi connectivity index (χ4n) is 2.16. The number of aliphatic imine (C=N–C) groups is 1. The molecule has 6 nitrogen and oxygen atoms in total. The van der Waals surface area contributed by atoms with Gasteiger partial charge in [0.25, 0.3) is 0 Å². The molecule has 0 amide bonds. The number of hydrogen-bond acceptors (Lipinski definition) is 5. The molecule has 0 spiro atoms. The summed E-state index contributed by atoms with van der Waals surface area (Å²) in [7, 11) is 4.65. The summed E-state index contributed by atoms with van der Waals surface area (Å²) in [4.78, 5) is 16.5. The Labute approximate surface area is 140 Å². The number of methoxy groups -OCH3 is 3. The zero-order valence-electron chi connectivity index (χ0n) is 13.9. The zero-order chi connectivity index (χ0) is 17.5. The molecule has 0 aliphatic rings. The maximum atomic E-state index is 12.3. The van der Waals surface area contributed by atoms with Crippen molar-refractivity contribution in [3.63, 3.8) is 0 Å². The summed E-state index contributed by atoms with van der Waals surface area (Å²) in [5.74, 6) is 1.86. The molecule has 0 radical (unpaired) electrons. The first kappa shape index (κ1) is 17.3. The van der Waals surface area contributed by atoms with Crippen LogP contribution in [0.4, 0.5) is 5.69 Å². The predicted molar refractivity (Wildman–Crippen MR) is 92.8 cm³/mol. The summed E-state index contributed by atoms with van der Waals surface area (Å²) in [6.45, 7) is 0. The van der Waals surface area contributed by atoms with Gasteiger partial charge in [0.2, 0.25) is 0 Å². The molecule has 2 aromatic rings. The molecule has 0 unspecified atom stereocenters. The Balaban J connectivity index is 2.14. The first-order chi connectivity index (χ1) is 11.6. The van der Waals surface area contributed by atoms with Crippen molar-refractivity contribution in [2.45, 2.75) is 6.42 Å². The minimum Gasteiger partial charge on any atom is -0.497 e. The van der Waals surface area contributed by atoms with Crippen molar-refractivity contribution in [3.05, 3.63) is 48.0 Å². The van der Waals surface area contributed by atoms with Crippen LogP contribution in [0.15, 0.2) is 47.5 Å². The lowest BCUT2D eigenvalue weighted by Crippen LogP contribution is -2.16. The van der Waals surface area contributed by atoms with Crippen LogP contribution in [0, 0.1) is 0 Å². The van der Waals surface area contributed by atoms with Crippen molar-refractivity contribution in [1.82, 2.24) is 0 Å². The van der Waals surface area contributed by atoms with E-state index in [4.69, 9.17) is 19.9 Å². The Morgan fingerprint density at radius 1 is 1.00 bits per heavy atom. The number of Topliss-reactive ketones (excluding diaryl/α,β-unsaturated/α-hetero) is 1. The Hall–Kier alpha value is -3.02. The van der Waals surface area contributed by atoms with Crippen LogP contribution in [0.2, 0.25) is 0 Å². The van der Waals surface area contributed by atoms with E-state index >= 15 is 0 Å². The van der Waals surface area contributed by atoms with Crippen LogP contribution < -0.4 is 19.9 Å². The fraction of sp³-hybridized carbons (Fsp3) is 0.222. The van der Waals surface area contributed by atoms with Gasteiger partial charge in [-0.3, -0.25) is 4.79 Å². The van der Waals surface area contributed by atoms with Gasteiger partial charge in [-0.25, -0.2) is 4.99 Å². The topological polar surface area (TPSA) is 83.1 Å². The summed E-state index contributed by atoms with van der Waals surface area (Å²) in [6.07, 6.45) is 0.0154. The van der Waals surface area contributed by atoms with Crippen LogP contribution in [0.1, 0.15) is 16.8 Å². The minimum absolute atomic E-state index is 0.0154. The maximum absolute atomic E-state index is 12.3. The van der Waals surface area contributed by atoms with Gasteiger partial charge < -0.3 is 19.9 Å². The quantitative estimate of drug-likeness (QED) is 0.480. The van der Waals surface area contributed by atoms with Gasteiger partial charge in [0, 0.05) is 11.6 Å². The van der Waals surface area contributed by atoms with Gasteiger partial charge in [0.1, 0.15) is 11.6 Å². The third-order valence-electron chi connectivity index (χ3n) is 3.37. The van der Waals surface area contributed by atoms with Crippen molar-refractivity contribution in [2.24, 2.45) is 10.7 Å².